The predicted molar refractivity (Wildman–Crippen MR) is 211 cm³/mol. The summed E-state index contributed by atoms with van der Waals surface area (Å²) in [6.45, 7) is 2.58. The number of rotatable bonds is 20. The lowest BCUT2D eigenvalue weighted by Gasteiger charge is -2.16. The van der Waals surface area contributed by atoms with Crippen LogP contribution in [0.1, 0.15) is 118 Å². The van der Waals surface area contributed by atoms with E-state index in [0.29, 0.717) is 23.1 Å². The second-order valence-corrected chi connectivity index (χ2v) is 13.9. The zero-order valence-corrected chi connectivity index (χ0v) is 31.4. The number of carbonyl (C=O) groups excluding carboxylic acids is 2. The van der Waals surface area contributed by atoms with Gasteiger partial charge in [0.05, 0.1) is 39.8 Å². The number of para-hydroxylation sites is 1. The zero-order chi connectivity index (χ0) is 36.7. The average Bonchev–Trinajstić information content (AvgIpc) is 3.55. The number of ether oxygens (including phenoxy) is 1. The number of phenols is 1. The van der Waals surface area contributed by atoms with Crippen LogP contribution < -0.4 is 5.32 Å². The van der Waals surface area contributed by atoms with Crippen molar-refractivity contribution in [2.24, 2.45) is 0 Å². The molecule has 11 heteroatoms. The van der Waals surface area contributed by atoms with Crippen LogP contribution in [0.5, 0.6) is 5.75 Å². The number of amides is 1. The minimum absolute atomic E-state index is 0.0309. The molecular formula is C41H48ClN5O4S. The first-order chi connectivity index (χ1) is 25.4. The van der Waals surface area contributed by atoms with E-state index in [0.717, 1.165) is 24.9 Å². The van der Waals surface area contributed by atoms with Crippen molar-refractivity contribution in [2.75, 3.05) is 11.9 Å². The number of unbranched alkanes of at least 4 members (excludes halogenated alkanes) is 13. The summed E-state index contributed by atoms with van der Waals surface area (Å²) in [7, 11) is 0. The first kappa shape index (κ1) is 38.7. The van der Waals surface area contributed by atoms with Gasteiger partial charge in [0, 0.05) is 10.8 Å². The second kappa shape index (κ2) is 19.9. The van der Waals surface area contributed by atoms with E-state index in [1.165, 1.54) is 93.6 Å². The fourth-order valence-electron chi connectivity index (χ4n) is 6.35. The zero-order valence-electron chi connectivity index (χ0n) is 29.9. The molecule has 0 bridgehead atoms. The molecule has 0 spiro atoms. The lowest BCUT2D eigenvalue weighted by atomic mass is 10.0. The third kappa shape index (κ3) is 10.3. The Balaban J connectivity index is 1.17. The average molecular weight is 742 g/mol. The molecule has 5 aromatic rings. The molecular weight excluding hydrogens is 694 g/mol. The molecule has 274 valence electrons. The van der Waals surface area contributed by atoms with Gasteiger partial charge in [-0.15, -0.1) is 4.80 Å². The number of hydrogen-bond donors (Lipinski definition) is 2. The topological polar surface area (TPSA) is 111 Å². The van der Waals surface area contributed by atoms with Crippen molar-refractivity contribution in [2.45, 2.75) is 96.8 Å². The maximum atomic E-state index is 13.8. The Morgan fingerprint density at radius 1 is 0.788 bits per heavy atom. The van der Waals surface area contributed by atoms with E-state index >= 15 is 0 Å². The number of fused-ring (bicyclic) bond motifs is 1. The molecule has 0 saturated heterocycles. The monoisotopic (exact) mass is 741 g/mol. The van der Waals surface area contributed by atoms with Gasteiger partial charge >= 0.3 is 5.97 Å². The molecule has 1 heterocycles. The Bertz CT molecular complexity index is 1990. The highest BCUT2D eigenvalue weighted by Crippen LogP contribution is 2.35. The lowest BCUT2D eigenvalue weighted by molar-refractivity contribution is 0.0497. The number of nitrogens with zero attached hydrogens (tertiary/aromatic N) is 4. The van der Waals surface area contributed by atoms with Crippen molar-refractivity contribution in [1.82, 2.24) is 19.8 Å². The smallest absolute Gasteiger partial charge is 0.338 e. The fraction of sp³-hybridized carbons (Fsp3) is 0.390. The largest absolute Gasteiger partial charge is 0.506 e. The van der Waals surface area contributed by atoms with Crippen molar-refractivity contribution in [3.63, 3.8) is 0 Å². The van der Waals surface area contributed by atoms with E-state index in [-0.39, 0.29) is 32.4 Å². The molecule has 0 aliphatic carbocycles. The van der Waals surface area contributed by atoms with Crippen LogP contribution in [-0.4, -0.2) is 43.4 Å². The summed E-state index contributed by atoms with van der Waals surface area (Å²) < 4.78 is 7.40. The molecule has 1 amide bonds. The van der Waals surface area contributed by atoms with E-state index in [4.69, 9.17) is 28.6 Å². The highest BCUT2D eigenvalue weighted by atomic mass is 35.5. The molecule has 5 rings (SSSR count). The third-order valence-corrected chi connectivity index (χ3v) is 9.81. The molecule has 9 nitrogen and oxygen atoms in total. The van der Waals surface area contributed by atoms with Gasteiger partial charge in [0.15, 0.2) is 0 Å². The Morgan fingerprint density at radius 3 is 2.04 bits per heavy atom. The van der Waals surface area contributed by atoms with Crippen molar-refractivity contribution >= 4 is 52.2 Å². The Morgan fingerprint density at radius 2 is 1.38 bits per heavy atom. The van der Waals surface area contributed by atoms with E-state index < -0.39 is 11.9 Å². The van der Waals surface area contributed by atoms with Crippen LogP contribution in [0.15, 0.2) is 78.9 Å². The molecule has 0 saturated carbocycles. The molecule has 0 unspecified atom stereocenters. The number of halogens is 1. The highest BCUT2D eigenvalue weighted by Gasteiger charge is 2.22. The second-order valence-electron chi connectivity index (χ2n) is 13.1. The molecule has 4 aromatic carbocycles. The standard InChI is InChI=1S/C41H48ClN5O4S/c1-2-3-4-5-6-7-8-9-10-11-12-13-14-20-27-51-40(50)30-25-26-35(42)36(28-30)43-39(49)34-29-37(32-23-18-19-24-33(32)38(34)48)47-45-44-41(52)46(47)31-21-16-15-17-22-31/h15-19,21-26,28-29,48H,2-14,20,27H2,1H3,(H,43,49). The molecule has 0 fully saturated rings. The minimum atomic E-state index is -0.635. The van der Waals surface area contributed by atoms with Gasteiger partial charge in [-0.3, -0.25) is 4.79 Å². The molecule has 0 atom stereocenters. The first-order valence-corrected chi connectivity index (χ1v) is 19.3. The fourth-order valence-corrected chi connectivity index (χ4v) is 6.73. The number of benzene rings is 4. The van der Waals surface area contributed by atoms with Crippen LogP contribution >= 0.6 is 23.8 Å². The summed E-state index contributed by atoms with van der Waals surface area (Å²) in [5, 5.41) is 23.7. The van der Waals surface area contributed by atoms with Crippen LogP contribution in [0.4, 0.5) is 5.69 Å². The van der Waals surface area contributed by atoms with Crippen LogP contribution in [0.3, 0.4) is 0 Å². The summed E-state index contributed by atoms with van der Waals surface area (Å²) in [5.41, 5.74) is 1.63. The number of anilines is 1. The molecule has 0 radical (unpaired) electrons. The molecule has 1 aromatic heterocycles. The minimum Gasteiger partial charge on any atom is -0.506 e. The third-order valence-electron chi connectivity index (χ3n) is 9.22. The maximum Gasteiger partial charge on any atom is 0.338 e. The number of aromatic hydroxyl groups is 1. The van der Waals surface area contributed by atoms with Gasteiger partial charge < -0.3 is 15.2 Å². The van der Waals surface area contributed by atoms with E-state index in [1.54, 1.807) is 22.9 Å². The Hall–Kier alpha value is -4.54. The van der Waals surface area contributed by atoms with Gasteiger partial charge in [-0.25, -0.2) is 9.48 Å². The Kier molecular flexibility index (Phi) is 14.8. The van der Waals surface area contributed by atoms with Crippen molar-refractivity contribution in [3.8, 4) is 17.1 Å². The predicted octanol–water partition coefficient (Wildman–Crippen LogP) is 11.2. The number of aromatic nitrogens is 4. The molecule has 0 aliphatic heterocycles. The number of tetrazole rings is 1. The number of hydrogen-bond acceptors (Lipinski definition) is 7. The van der Waals surface area contributed by atoms with Gasteiger partial charge in [0.2, 0.25) is 4.77 Å². The van der Waals surface area contributed by atoms with Gasteiger partial charge in [-0.05, 0) is 60.3 Å². The van der Waals surface area contributed by atoms with E-state index in [2.05, 4.69) is 22.6 Å². The van der Waals surface area contributed by atoms with Crippen molar-refractivity contribution in [1.29, 1.82) is 0 Å². The summed E-state index contributed by atoms with van der Waals surface area (Å²) >= 11 is 12.0. The summed E-state index contributed by atoms with van der Waals surface area (Å²) in [6, 6.07) is 22.6. The molecule has 2 N–H and O–H groups in total. The number of carbonyl (C=O) groups is 2. The number of nitrogens with one attached hydrogen (secondary N) is 1. The normalized spacial score (nSPS) is 11.2. The first-order valence-electron chi connectivity index (χ1n) is 18.5. The van der Waals surface area contributed by atoms with Crippen LogP contribution in [0.25, 0.3) is 22.1 Å². The number of esters is 1. The highest BCUT2D eigenvalue weighted by molar-refractivity contribution is 7.71. The van der Waals surface area contributed by atoms with Gasteiger partial charge in [-0.2, -0.15) is 0 Å². The molecule has 52 heavy (non-hydrogen) atoms. The van der Waals surface area contributed by atoms with Crippen LogP contribution in [0, 0.1) is 4.77 Å². The van der Waals surface area contributed by atoms with Crippen molar-refractivity contribution < 1.29 is 19.4 Å². The lowest BCUT2D eigenvalue weighted by Crippen LogP contribution is -2.16. The molecule has 0 aliphatic rings. The summed E-state index contributed by atoms with van der Waals surface area (Å²) in [5.74, 6) is -1.35. The number of phenolic OH excluding ortho intramolecular Hbond substituents is 1. The maximum absolute atomic E-state index is 13.8. The SMILES string of the molecule is CCCCCCCCCCCCCCCCOC(=O)c1ccc(Cl)c(NC(=O)c2cc(-n3nnc(=S)n3-c3ccccc3)c3ccccc3c2O)c1. The van der Waals surface area contributed by atoms with Crippen LogP contribution in [-0.2, 0) is 4.74 Å². The van der Waals surface area contributed by atoms with Gasteiger partial charge in [-0.1, -0.05) is 150 Å². The van der Waals surface area contributed by atoms with E-state index in [1.807, 2.05) is 42.5 Å². The van der Waals surface area contributed by atoms with Gasteiger partial charge in [0.25, 0.3) is 5.91 Å². The van der Waals surface area contributed by atoms with Gasteiger partial charge in [0.1, 0.15) is 5.75 Å². The summed E-state index contributed by atoms with van der Waals surface area (Å²) in [4.78, 5) is 28.2. The van der Waals surface area contributed by atoms with E-state index in [9.17, 15) is 14.7 Å². The Labute approximate surface area is 315 Å². The van der Waals surface area contributed by atoms with Crippen molar-refractivity contribution in [3.05, 3.63) is 99.8 Å². The van der Waals surface area contributed by atoms with Crippen LogP contribution in [0.2, 0.25) is 5.02 Å². The summed E-state index contributed by atoms with van der Waals surface area (Å²) in [6.07, 6.45) is 17.6. The quantitative estimate of drug-likeness (QED) is 0.0464.